The van der Waals surface area contributed by atoms with E-state index in [0.29, 0.717) is 50.6 Å². The molecule has 0 radical (unpaired) electrons. The number of pyridine rings is 1. The molecular weight excluding hydrogens is 506 g/mol. The summed E-state index contributed by atoms with van der Waals surface area (Å²) in [5.74, 6) is 0.750. The van der Waals surface area contributed by atoms with Gasteiger partial charge in [-0.15, -0.1) is 0 Å². The fourth-order valence-electron chi connectivity index (χ4n) is 3.63. The lowest BCUT2D eigenvalue weighted by Gasteiger charge is -2.13. The van der Waals surface area contributed by atoms with Crippen LogP contribution in [0, 0.1) is 24.8 Å². The van der Waals surface area contributed by atoms with E-state index in [1.807, 2.05) is 0 Å². The van der Waals surface area contributed by atoms with Crippen molar-refractivity contribution in [3.8, 4) is 34.4 Å². The molecule has 2 aromatic heterocycles. The number of nitriles is 1. The Labute approximate surface area is 222 Å². The SMILES string of the molecule is [C-]#[N+]c1c(N)nc(SCc2nc(-c3ccc(C(=O)O)cc3)oc2C)c(C#N)c1-c1ccc(OCCO)cc1. The predicted molar refractivity (Wildman–Crippen MR) is 141 cm³/mol. The molecule has 0 spiro atoms. The van der Waals surface area contributed by atoms with Crippen LogP contribution in [0.2, 0.25) is 0 Å². The van der Waals surface area contributed by atoms with Gasteiger partial charge in [-0.2, -0.15) is 5.26 Å². The van der Waals surface area contributed by atoms with Gasteiger partial charge in [-0.3, -0.25) is 0 Å². The number of thioether (sulfide) groups is 1. The summed E-state index contributed by atoms with van der Waals surface area (Å²) in [5.41, 5.74) is 8.81. The van der Waals surface area contributed by atoms with Crippen molar-refractivity contribution in [2.24, 2.45) is 0 Å². The molecule has 0 aliphatic rings. The van der Waals surface area contributed by atoms with Gasteiger partial charge < -0.3 is 25.1 Å². The molecule has 4 rings (SSSR count). The second-order valence-electron chi connectivity index (χ2n) is 7.91. The Morgan fingerprint density at radius 3 is 2.47 bits per heavy atom. The molecule has 0 aliphatic heterocycles. The maximum Gasteiger partial charge on any atom is 0.335 e. The Bertz CT molecular complexity index is 1570. The van der Waals surface area contributed by atoms with Gasteiger partial charge in [0.2, 0.25) is 11.6 Å². The molecule has 4 aromatic rings. The number of aliphatic hydroxyl groups is 1. The zero-order valence-corrected chi connectivity index (χ0v) is 21.0. The summed E-state index contributed by atoms with van der Waals surface area (Å²) < 4.78 is 11.2. The van der Waals surface area contributed by atoms with Gasteiger partial charge in [0.05, 0.1) is 30.0 Å². The van der Waals surface area contributed by atoms with Gasteiger partial charge in [0.1, 0.15) is 35.0 Å². The third kappa shape index (κ3) is 5.44. The Kier molecular flexibility index (Phi) is 7.92. The highest BCUT2D eigenvalue weighted by molar-refractivity contribution is 7.98. The monoisotopic (exact) mass is 527 g/mol. The summed E-state index contributed by atoms with van der Waals surface area (Å²) in [6, 6.07) is 15.2. The van der Waals surface area contributed by atoms with Gasteiger partial charge in [0.25, 0.3) is 0 Å². The standard InChI is InChI=1S/C27H21N5O5S/c1-15-21(31-25(37-15)17-3-5-18(6-4-17)27(34)35)14-38-26-20(13-28)22(23(30-2)24(29)32-26)16-7-9-19(10-8-16)36-12-11-33/h3-10,33H,11-12,14H2,1H3,(H2,29,32)(H,34,35). The second-order valence-corrected chi connectivity index (χ2v) is 8.88. The molecule has 11 heteroatoms. The number of aromatic nitrogens is 2. The predicted octanol–water partition coefficient (Wildman–Crippen LogP) is 5.08. The largest absolute Gasteiger partial charge is 0.491 e. The van der Waals surface area contributed by atoms with E-state index in [1.165, 1.54) is 23.9 Å². The molecule has 0 amide bonds. The fourth-order valence-corrected chi connectivity index (χ4v) is 4.63. The van der Waals surface area contributed by atoms with Crippen LogP contribution in [-0.4, -0.2) is 39.4 Å². The molecular formula is C27H21N5O5S. The van der Waals surface area contributed by atoms with Crippen LogP contribution in [0.4, 0.5) is 11.5 Å². The fraction of sp³-hybridized carbons (Fsp3) is 0.148. The lowest BCUT2D eigenvalue weighted by molar-refractivity contribution is 0.0697. The molecule has 190 valence electrons. The Hall–Kier alpha value is -4.84. The van der Waals surface area contributed by atoms with E-state index < -0.39 is 5.97 Å². The van der Waals surface area contributed by atoms with E-state index in [0.717, 1.165) is 0 Å². The van der Waals surface area contributed by atoms with Crippen LogP contribution in [0.3, 0.4) is 0 Å². The van der Waals surface area contributed by atoms with Crippen molar-refractivity contribution in [3.63, 3.8) is 0 Å². The molecule has 0 bridgehead atoms. The first-order valence-corrected chi connectivity index (χ1v) is 12.2. The quantitative estimate of drug-likeness (QED) is 0.198. The topological polar surface area (TPSA) is 160 Å². The highest BCUT2D eigenvalue weighted by Gasteiger charge is 2.22. The van der Waals surface area contributed by atoms with Gasteiger partial charge >= 0.3 is 5.97 Å². The van der Waals surface area contributed by atoms with Crippen LogP contribution in [0.15, 0.2) is 58.0 Å². The van der Waals surface area contributed by atoms with Crippen LogP contribution < -0.4 is 10.5 Å². The van der Waals surface area contributed by atoms with E-state index in [-0.39, 0.29) is 35.8 Å². The molecule has 2 aromatic carbocycles. The number of nitrogen functional groups attached to an aromatic ring is 1. The number of carboxylic acid groups (broad SMARTS) is 1. The van der Waals surface area contributed by atoms with E-state index >= 15 is 0 Å². The summed E-state index contributed by atoms with van der Waals surface area (Å²) in [4.78, 5) is 23.5. The minimum Gasteiger partial charge on any atom is -0.491 e. The summed E-state index contributed by atoms with van der Waals surface area (Å²) >= 11 is 1.24. The number of rotatable bonds is 9. The van der Waals surface area contributed by atoms with E-state index in [2.05, 4.69) is 20.9 Å². The van der Waals surface area contributed by atoms with Crippen molar-refractivity contribution in [2.45, 2.75) is 17.7 Å². The lowest BCUT2D eigenvalue weighted by Crippen LogP contribution is -2.02. The van der Waals surface area contributed by atoms with Crippen molar-refractivity contribution >= 4 is 29.2 Å². The summed E-state index contributed by atoms with van der Waals surface area (Å²) in [7, 11) is 0. The molecule has 2 heterocycles. The van der Waals surface area contributed by atoms with E-state index in [9.17, 15) is 10.1 Å². The van der Waals surface area contributed by atoms with Crippen LogP contribution in [0.5, 0.6) is 5.75 Å². The average molecular weight is 528 g/mol. The van der Waals surface area contributed by atoms with Crippen molar-refractivity contribution in [1.29, 1.82) is 5.26 Å². The Morgan fingerprint density at radius 1 is 1.18 bits per heavy atom. The third-order valence-corrected chi connectivity index (χ3v) is 6.50. The number of nitrogens with two attached hydrogens (primary N) is 1. The Balaban J connectivity index is 1.64. The van der Waals surface area contributed by atoms with E-state index in [4.69, 9.17) is 31.7 Å². The smallest absolute Gasteiger partial charge is 0.335 e. The first-order chi connectivity index (χ1) is 18.4. The van der Waals surface area contributed by atoms with Crippen LogP contribution >= 0.6 is 11.8 Å². The highest BCUT2D eigenvalue weighted by Crippen LogP contribution is 2.42. The molecule has 10 nitrogen and oxygen atoms in total. The number of carboxylic acids is 1. The zero-order chi connectivity index (χ0) is 27.2. The van der Waals surface area contributed by atoms with Crippen molar-refractivity contribution in [3.05, 3.63) is 82.5 Å². The number of aryl methyl sites for hydroxylation is 1. The van der Waals surface area contributed by atoms with Gasteiger partial charge in [0, 0.05) is 16.9 Å². The zero-order valence-electron chi connectivity index (χ0n) is 20.1. The number of carbonyl (C=O) groups is 1. The van der Waals surface area contributed by atoms with Crippen LogP contribution in [-0.2, 0) is 5.75 Å². The van der Waals surface area contributed by atoms with Crippen LogP contribution in [0.25, 0.3) is 27.4 Å². The maximum absolute atomic E-state index is 11.1. The number of ether oxygens (including phenoxy) is 1. The average Bonchev–Trinajstić information content (AvgIpc) is 3.30. The van der Waals surface area contributed by atoms with Crippen molar-refractivity contribution in [2.75, 3.05) is 18.9 Å². The molecule has 0 atom stereocenters. The first kappa shape index (κ1) is 26.2. The maximum atomic E-state index is 11.1. The van der Waals surface area contributed by atoms with Crippen LogP contribution in [0.1, 0.15) is 27.4 Å². The van der Waals surface area contributed by atoms with Crippen molar-refractivity contribution < 1.29 is 24.2 Å². The molecule has 0 unspecified atom stereocenters. The lowest BCUT2D eigenvalue weighted by atomic mass is 10.00. The van der Waals surface area contributed by atoms with E-state index in [1.54, 1.807) is 43.3 Å². The summed E-state index contributed by atoms with van der Waals surface area (Å²) in [6.45, 7) is 9.41. The summed E-state index contributed by atoms with van der Waals surface area (Å²) in [5, 5.41) is 28.4. The van der Waals surface area contributed by atoms with Gasteiger partial charge in [-0.25, -0.2) is 19.6 Å². The number of aromatic carboxylic acids is 1. The third-order valence-electron chi connectivity index (χ3n) is 5.51. The molecule has 0 saturated heterocycles. The van der Waals surface area contributed by atoms with Gasteiger partial charge in [-0.1, -0.05) is 23.9 Å². The molecule has 38 heavy (non-hydrogen) atoms. The minimum atomic E-state index is -1.02. The number of anilines is 1. The van der Waals surface area contributed by atoms with Crippen molar-refractivity contribution in [1.82, 2.24) is 9.97 Å². The number of nitrogens with zero attached hydrogens (tertiary/aromatic N) is 4. The number of hydrogen-bond acceptors (Lipinski definition) is 9. The molecule has 0 aliphatic carbocycles. The molecule has 0 saturated carbocycles. The minimum absolute atomic E-state index is 0.00758. The number of benzene rings is 2. The normalized spacial score (nSPS) is 10.5. The molecule has 4 N–H and O–H groups in total. The molecule has 0 fully saturated rings. The summed E-state index contributed by atoms with van der Waals surface area (Å²) in [6.07, 6.45) is 0. The van der Waals surface area contributed by atoms with Gasteiger partial charge in [-0.05, 0) is 48.9 Å². The first-order valence-electron chi connectivity index (χ1n) is 11.2. The number of aliphatic hydroxyl groups excluding tert-OH is 1. The number of oxazole rings is 1. The Morgan fingerprint density at radius 2 is 1.87 bits per heavy atom. The van der Waals surface area contributed by atoms with Gasteiger partial charge in [0.15, 0.2) is 0 Å². The highest BCUT2D eigenvalue weighted by atomic mass is 32.2. The number of hydrogen-bond donors (Lipinski definition) is 3. The second kappa shape index (κ2) is 11.5.